The number of hydrogen-bond donors (Lipinski definition) is 2. The molecule has 5 rings (SSSR count). The Morgan fingerprint density at radius 2 is 1.95 bits per heavy atom. The number of Topliss-reactive ketones (excluding diaryl/α,β-unsaturated/α-hetero) is 1. The van der Waals surface area contributed by atoms with Crippen LogP contribution in [0.15, 0.2) is 54.7 Å². The van der Waals surface area contributed by atoms with Crippen molar-refractivity contribution >= 4 is 17.1 Å². The lowest BCUT2D eigenvalue weighted by atomic mass is 10.0. The van der Waals surface area contributed by atoms with Crippen molar-refractivity contribution in [3.63, 3.8) is 0 Å². The summed E-state index contributed by atoms with van der Waals surface area (Å²) >= 11 is 0. The first kappa shape index (κ1) is 25.7. The Morgan fingerprint density at radius 3 is 2.66 bits per heavy atom. The third-order valence-corrected chi connectivity index (χ3v) is 6.63. The molecule has 1 aliphatic rings. The number of imidazole rings is 1. The summed E-state index contributed by atoms with van der Waals surface area (Å²) in [4.78, 5) is 17.1. The van der Waals surface area contributed by atoms with E-state index in [1.54, 1.807) is 59.2 Å². The van der Waals surface area contributed by atoms with Gasteiger partial charge in [0, 0.05) is 29.7 Å². The van der Waals surface area contributed by atoms with Crippen molar-refractivity contribution in [2.75, 3.05) is 19.0 Å². The minimum Gasteiger partial charge on any atom is -0.496 e. The molecule has 1 fully saturated rings. The number of ether oxygens (including phenoxy) is 1. The van der Waals surface area contributed by atoms with Gasteiger partial charge in [0.15, 0.2) is 11.4 Å². The maximum atomic E-state index is 12.8. The molecule has 7 nitrogen and oxygen atoms in total. The smallest absolute Gasteiger partial charge is 0.390 e. The topological polar surface area (TPSA) is 88.8 Å². The molecule has 10 heteroatoms. The second kappa shape index (κ2) is 10.4. The van der Waals surface area contributed by atoms with E-state index in [-0.39, 0.29) is 18.9 Å². The van der Waals surface area contributed by atoms with Crippen molar-refractivity contribution in [3.8, 4) is 28.3 Å². The number of ketones is 1. The van der Waals surface area contributed by atoms with Crippen molar-refractivity contribution in [1.82, 2.24) is 14.6 Å². The van der Waals surface area contributed by atoms with E-state index < -0.39 is 12.6 Å². The van der Waals surface area contributed by atoms with Crippen LogP contribution in [0, 0.1) is 5.92 Å². The van der Waals surface area contributed by atoms with Crippen LogP contribution in [-0.4, -0.2) is 45.3 Å². The number of aliphatic hydroxyl groups is 1. The van der Waals surface area contributed by atoms with Gasteiger partial charge in [-0.2, -0.15) is 18.3 Å². The summed E-state index contributed by atoms with van der Waals surface area (Å²) in [6, 6.07) is 14.0. The van der Waals surface area contributed by atoms with Gasteiger partial charge in [-0.3, -0.25) is 4.79 Å². The Kier molecular flexibility index (Phi) is 7.07. The zero-order valence-electron chi connectivity index (χ0n) is 20.8. The molecule has 198 valence electrons. The molecule has 0 bridgehead atoms. The monoisotopic (exact) mass is 524 g/mol. The summed E-state index contributed by atoms with van der Waals surface area (Å²) < 4.78 is 45.7. The molecule has 2 heterocycles. The average molecular weight is 525 g/mol. The van der Waals surface area contributed by atoms with Crippen LogP contribution < -0.4 is 10.1 Å². The van der Waals surface area contributed by atoms with Crippen molar-refractivity contribution in [3.05, 3.63) is 65.9 Å². The lowest BCUT2D eigenvalue weighted by Crippen LogP contribution is -2.15. The number of fused-ring (bicyclic) bond motifs is 1. The van der Waals surface area contributed by atoms with Crippen molar-refractivity contribution in [1.29, 1.82) is 0 Å². The predicted octanol–water partition coefficient (Wildman–Crippen LogP) is 5.91. The molecule has 4 aromatic rings. The number of methoxy groups -OCH3 is 1. The lowest BCUT2D eigenvalue weighted by Gasteiger charge is -2.14. The van der Waals surface area contributed by atoms with E-state index in [0.29, 0.717) is 63.1 Å². The molecule has 1 aliphatic carbocycles. The van der Waals surface area contributed by atoms with E-state index in [1.165, 1.54) is 7.11 Å². The number of halogens is 3. The fourth-order valence-corrected chi connectivity index (χ4v) is 4.44. The van der Waals surface area contributed by atoms with Gasteiger partial charge in [0.25, 0.3) is 0 Å². The number of anilines is 1. The molecule has 0 radical (unpaired) electrons. The average Bonchev–Trinajstić information content (AvgIpc) is 3.62. The molecule has 1 saturated carbocycles. The summed E-state index contributed by atoms with van der Waals surface area (Å²) in [6.45, 7) is -0.568. The van der Waals surface area contributed by atoms with Gasteiger partial charge in [0.1, 0.15) is 5.75 Å². The molecular formula is C28H27F3N4O3. The highest BCUT2D eigenvalue weighted by Crippen LogP contribution is 2.37. The van der Waals surface area contributed by atoms with Crippen molar-refractivity contribution in [2.45, 2.75) is 38.5 Å². The number of nitrogens with zero attached hydrogens (tertiary/aromatic N) is 3. The Balaban J connectivity index is 1.60. The van der Waals surface area contributed by atoms with Crippen LogP contribution in [0.4, 0.5) is 18.9 Å². The van der Waals surface area contributed by atoms with Crippen LogP contribution in [0.25, 0.3) is 28.2 Å². The van der Waals surface area contributed by atoms with Gasteiger partial charge >= 0.3 is 6.18 Å². The quantitative estimate of drug-likeness (QED) is 0.251. The molecule has 0 amide bonds. The van der Waals surface area contributed by atoms with Gasteiger partial charge in [0.2, 0.25) is 0 Å². The van der Waals surface area contributed by atoms with Gasteiger partial charge in [-0.1, -0.05) is 30.3 Å². The number of hydrogen-bond acceptors (Lipinski definition) is 6. The molecule has 0 saturated heterocycles. The number of nitrogens with one attached hydrogen (secondary N) is 1. The summed E-state index contributed by atoms with van der Waals surface area (Å²) in [5, 5.41) is 17.5. The number of aromatic nitrogens is 3. The fraction of sp³-hybridized carbons (Fsp3) is 0.321. The van der Waals surface area contributed by atoms with Gasteiger partial charge in [0.05, 0.1) is 43.4 Å². The van der Waals surface area contributed by atoms with Gasteiger partial charge in [-0.25, -0.2) is 9.50 Å². The molecule has 2 N–H and O–H groups in total. The summed E-state index contributed by atoms with van der Waals surface area (Å²) in [7, 11) is 1.51. The highest BCUT2D eigenvalue weighted by Gasteiger charge is 2.27. The minimum atomic E-state index is -4.31. The Hall–Kier alpha value is -3.92. The second-order valence-corrected chi connectivity index (χ2v) is 9.42. The summed E-state index contributed by atoms with van der Waals surface area (Å²) in [6.07, 6.45) is -1.08. The molecule has 2 aromatic heterocycles. The number of rotatable bonds is 10. The van der Waals surface area contributed by atoms with E-state index in [1.807, 2.05) is 0 Å². The standard InChI is InChI=1S/C28H27F3N4O3/c1-38-26-13-18(25(37)12-17-6-7-17)8-9-21(26)24-15-33-27-23(32-11-10-28(29,30)31)14-22(34-35(24)27)20-5-3-2-4-19(20)16-36/h2-5,8-9,13-15,17,32,36H,6-7,10-12,16H2,1H3. The maximum absolute atomic E-state index is 12.8. The van der Waals surface area contributed by atoms with Crippen LogP contribution >= 0.6 is 0 Å². The predicted molar refractivity (Wildman–Crippen MR) is 137 cm³/mol. The van der Waals surface area contributed by atoms with E-state index in [9.17, 15) is 23.1 Å². The number of carbonyl (C=O) groups excluding carboxylic acids is 1. The van der Waals surface area contributed by atoms with E-state index in [0.717, 1.165) is 12.8 Å². The second-order valence-electron chi connectivity index (χ2n) is 9.42. The normalized spacial score (nSPS) is 13.6. The van der Waals surface area contributed by atoms with Crippen LogP contribution in [0.1, 0.15) is 41.6 Å². The lowest BCUT2D eigenvalue weighted by molar-refractivity contribution is -0.131. The van der Waals surface area contributed by atoms with Gasteiger partial charge < -0.3 is 15.2 Å². The van der Waals surface area contributed by atoms with Crippen LogP contribution in [0.2, 0.25) is 0 Å². The van der Waals surface area contributed by atoms with Crippen LogP contribution in [0.5, 0.6) is 5.75 Å². The van der Waals surface area contributed by atoms with Crippen LogP contribution in [-0.2, 0) is 6.61 Å². The number of alkyl halides is 3. The first-order chi connectivity index (χ1) is 18.3. The maximum Gasteiger partial charge on any atom is 0.390 e. The molecule has 0 aliphatic heterocycles. The van der Waals surface area contributed by atoms with E-state index >= 15 is 0 Å². The summed E-state index contributed by atoms with van der Waals surface area (Å²) in [5.74, 6) is 0.982. The molecule has 2 aromatic carbocycles. The minimum absolute atomic E-state index is 0.0627. The highest BCUT2D eigenvalue weighted by molar-refractivity contribution is 5.97. The zero-order valence-corrected chi connectivity index (χ0v) is 20.8. The third kappa shape index (κ3) is 5.50. The molecule has 0 unspecified atom stereocenters. The summed E-state index contributed by atoms with van der Waals surface area (Å²) in [5.41, 5.74) is 4.15. The molecule has 38 heavy (non-hydrogen) atoms. The zero-order chi connectivity index (χ0) is 26.9. The van der Waals surface area contributed by atoms with Gasteiger partial charge in [-0.15, -0.1) is 0 Å². The van der Waals surface area contributed by atoms with Crippen molar-refractivity contribution < 1.29 is 27.8 Å². The largest absolute Gasteiger partial charge is 0.496 e. The Morgan fingerprint density at radius 1 is 1.16 bits per heavy atom. The first-order valence-corrected chi connectivity index (χ1v) is 12.4. The first-order valence-electron chi connectivity index (χ1n) is 12.4. The fourth-order valence-electron chi connectivity index (χ4n) is 4.44. The number of carbonyl (C=O) groups is 1. The molecule has 0 atom stereocenters. The SMILES string of the molecule is COc1cc(C(=O)CC2CC2)ccc1-c1cnc2c(NCCC(F)(F)F)cc(-c3ccccc3CO)nn12. The number of benzene rings is 2. The third-order valence-electron chi connectivity index (χ3n) is 6.63. The van der Waals surface area contributed by atoms with E-state index in [4.69, 9.17) is 9.84 Å². The number of aliphatic hydroxyl groups excluding tert-OH is 1. The van der Waals surface area contributed by atoms with Crippen LogP contribution in [0.3, 0.4) is 0 Å². The molecular weight excluding hydrogens is 497 g/mol. The van der Waals surface area contributed by atoms with Gasteiger partial charge in [-0.05, 0) is 42.5 Å². The Labute approximate surface area is 217 Å². The Bertz CT molecular complexity index is 1480. The molecule has 0 spiro atoms. The highest BCUT2D eigenvalue weighted by atomic mass is 19.4. The van der Waals surface area contributed by atoms with E-state index in [2.05, 4.69) is 10.3 Å². The van der Waals surface area contributed by atoms with Crippen molar-refractivity contribution in [2.24, 2.45) is 5.92 Å².